The summed E-state index contributed by atoms with van der Waals surface area (Å²) in [6.45, 7) is 0.397. The predicted molar refractivity (Wildman–Crippen MR) is 116 cm³/mol. The first-order valence-electron chi connectivity index (χ1n) is 11.2. The maximum atomic E-state index is 10.8. The van der Waals surface area contributed by atoms with Crippen molar-refractivity contribution in [3.8, 4) is 17.2 Å². The van der Waals surface area contributed by atoms with Crippen molar-refractivity contribution in [2.24, 2.45) is 17.8 Å². The van der Waals surface area contributed by atoms with Gasteiger partial charge in [-0.25, -0.2) is 4.79 Å². The Hall–Kier alpha value is -2.95. The smallest absolute Gasteiger partial charge is 0.508 e. The molecule has 0 unspecified atom stereocenters. The summed E-state index contributed by atoms with van der Waals surface area (Å²) in [5.41, 5.74) is 4.29. The number of carboxylic acid groups (broad SMARTS) is 1. The van der Waals surface area contributed by atoms with Crippen LogP contribution in [0.15, 0.2) is 36.4 Å². The molecule has 1 aliphatic heterocycles. The summed E-state index contributed by atoms with van der Waals surface area (Å²) in [7, 11) is 0. The third-order valence-electron chi connectivity index (χ3n) is 7.88. The highest BCUT2D eigenvalue weighted by molar-refractivity contribution is 5.86. The van der Waals surface area contributed by atoms with Crippen LogP contribution in [0.3, 0.4) is 0 Å². The zero-order chi connectivity index (χ0) is 21.2. The number of ether oxygens (including phenoxy) is 2. The van der Waals surface area contributed by atoms with Gasteiger partial charge in [0.15, 0.2) is 0 Å². The summed E-state index contributed by atoms with van der Waals surface area (Å²) in [6, 6.07) is 11.1. The molecule has 4 aliphatic carbocycles. The summed E-state index contributed by atoms with van der Waals surface area (Å²) < 4.78 is 10.7. The number of fused-ring (bicyclic) bond motifs is 1. The van der Waals surface area contributed by atoms with Gasteiger partial charge in [-0.2, -0.15) is 0 Å². The van der Waals surface area contributed by atoms with Gasteiger partial charge < -0.3 is 19.7 Å². The van der Waals surface area contributed by atoms with E-state index in [-0.39, 0.29) is 11.2 Å². The molecule has 5 aliphatic rings. The summed E-state index contributed by atoms with van der Waals surface area (Å²) in [5.74, 6) is 3.75. The Kier molecular flexibility index (Phi) is 4.11. The molecule has 2 N–H and O–H groups in total. The molecule has 4 saturated carbocycles. The average molecular weight is 418 g/mol. The van der Waals surface area contributed by atoms with E-state index >= 15 is 0 Å². The van der Waals surface area contributed by atoms with Crippen LogP contribution in [-0.2, 0) is 5.41 Å². The first-order valence-corrected chi connectivity index (χ1v) is 11.2. The van der Waals surface area contributed by atoms with Crippen LogP contribution < -0.4 is 9.47 Å². The van der Waals surface area contributed by atoms with Crippen molar-refractivity contribution in [3.05, 3.63) is 53.1 Å². The first-order chi connectivity index (χ1) is 15.0. The van der Waals surface area contributed by atoms with Crippen molar-refractivity contribution in [2.45, 2.75) is 43.9 Å². The van der Waals surface area contributed by atoms with E-state index < -0.39 is 6.16 Å². The highest BCUT2D eigenvalue weighted by Gasteiger charge is 2.52. The highest BCUT2D eigenvalue weighted by atomic mass is 16.7. The van der Waals surface area contributed by atoms with Crippen LogP contribution in [0.2, 0.25) is 0 Å². The van der Waals surface area contributed by atoms with E-state index in [0.717, 1.165) is 40.0 Å². The normalized spacial score (nSPS) is 30.3. The van der Waals surface area contributed by atoms with Gasteiger partial charge in [-0.1, -0.05) is 6.07 Å². The van der Waals surface area contributed by atoms with Gasteiger partial charge in [0.1, 0.15) is 23.9 Å². The van der Waals surface area contributed by atoms with E-state index in [0.29, 0.717) is 18.1 Å². The average Bonchev–Trinajstić information content (AvgIpc) is 2.72. The number of hydrogen-bond donors (Lipinski definition) is 2. The SMILES string of the molecule is O=C(O)Oc1ccc2c(c1)OCC(c1ccc(O)c(C34CC5CC(CC(C5)C3)C4)c1)=C2. The quantitative estimate of drug-likeness (QED) is 0.483. The Morgan fingerprint density at radius 3 is 2.39 bits per heavy atom. The molecule has 0 spiro atoms. The minimum Gasteiger partial charge on any atom is -0.508 e. The Morgan fingerprint density at radius 1 is 1.00 bits per heavy atom. The van der Waals surface area contributed by atoms with Crippen molar-refractivity contribution in [3.63, 3.8) is 0 Å². The highest BCUT2D eigenvalue weighted by Crippen LogP contribution is 2.62. The molecule has 0 amide bonds. The lowest BCUT2D eigenvalue weighted by Gasteiger charge is -2.57. The molecule has 0 atom stereocenters. The lowest BCUT2D eigenvalue weighted by Crippen LogP contribution is -2.48. The van der Waals surface area contributed by atoms with Gasteiger partial charge in [-0.05, 0) is 103 Å². The summed E-state index contributed by atoms with van der Waals surface area (Å²) in [5, 5.41) is 19.6. The fraction of sp³-hybridized carbons (Fsp3) is 0.423. The topological polar surface area (TPSA) is 76.0 Å². The maximum absolute atomic E-state index is 10.8. The molecular formula is C26H26O5. The van der Waals surface area contributed by atoms with Crippen LogP contribution in [-0.4, -0.2) is 23.0 Å². The first kappa shape index (κ1) is 18.8. The molecule has 5 nitrogen and oxygen atoms in total. The van der Waals surface area contributed by atoms with Gasteiger partial charge in [-0.3, -0.25) is 0 Å². The number of rotatable bonds is 3. The van der Waals surface area contributed by atoms with Crippen LogP contribution in [0.1, 0.15) is 55.2 Å². The number of carbonyl (C=O) groups is 1. The van der Waals surface area contributed by atoms with Gasteiger partial charge in [-0.15, -0.1) is 0 Å². The van der Waals surface area contributed by atoms with Crippen molar-refractivity contribution >= 4 is 17.8 Å². The minimum atomic E-state index is -1.34. The van der Waals surface area contributed by atoms with Gasteiger partial charge in [0, 0.05) is 17.2 Å². The lowest BCUT2D eigenvalue weighted by atomic mass is 9.48. The Labute approximate surface area is 181 Å². The second-order valence-corrected chi connectivity index (χ2v) is 9.96. The largest absolute Gasteiger partial charge is 0.511 e. The third-order valence-corrected chi connectivity index (χ3v) is 7.88. The van der Waals surface area contributed by atoms with Gasteiger partial charge in [0.2, 0.25) is 0 Å². The summed E-state index contributed by atoms with van der Waals surface area (Å²) in [4.78, 5) is 10.8. The van der Waals surface area contributed by atoms with Crippen LogP contribution in [0.4, 0.5) is 4.79 Å². The van der Waals surface area contributed by atoms with Crippen LogP contribution in [0, 0.1) is 17.8 Å². The molecule has 1 heterocycles. The number of phenols is 1. The molecule has 0 aromatic heterocycles. The van der Waals surface area contributed by atoms with Crippen molar-refractivity contribution in [2.75, 3.05) is 6.61 Å². The zero-order valence-corrected chi connectivity index (χ0v) is 17.3. The fourth-order valence-electron chi connectivity index (χ4n) is 7.08. The van der Waals surface area contributed by atoms with E-state index in [1.165, 1.54) is 38.5 Å². The number of hydrogen-bond acceptors (Lipinski definition) is 4. The van der Waals surface area contributed by atoms with Crippen molar-refractivity contribution in [1.82, 2.24) is 0 Å². The number of aromatic hydroxyl groups is 1. The van der Waals surface area contributed by atoms with Gasteiger partial charge >= 0.3 is 6.16 Å². The van der Waals surface area contributed by atoms with Crippen molar-refractivity contribution < 1.29 is 24.5 Å². The molecule has 2 aromatic rings. The summed E-state index contributed by atoms with van der Waals surface area (Å²) >= 11 is 0. The molecule has 0 saturated heterocycles. The standard InChI is InChI=1S/C26H26O5/c27-23-4-2-18(9-22(23)26-11-15-5-16(12-26)7-17(6-15)13-26)20-8-19-1-3-21(31-25(28)29)10-24(19)30-14-20/h1-4,8-10,15-17,27H,5-7,11-14H2,(H,28,29). The van der Waals surface area contributed by atoms with Crippen LogP contribution >= 0.6 is 0 Å². The maximum Gasteiger partial charge on any atom is 0.511 e. The number of phenolic OH excluding ortho intramolecular Hbond substituents is 1. The van der Waals surface area contributed by atoms with E-state index in [1.54, 1.807) is 12.1 Å². The van der Waals surface area contributed by atoms with E-state index in [2.05, 4.69) is 12.1 Å². The monoisotopic (exact) mass is 418 g/mol. The molecule has 7 rings (SSSR count). The predicted octanol–water partition coefficient (Wildman–Crippen LogP) is 5.85. The van der Waals surface area contributed by atoms with Gasteiger partial charge in [0.25, 0.3) is 0 Å². The number of benzene rings is 2. The minimum absolute atomic E-state index is 0.131. The van der Waals surface area contributed by atoms with Crippen LogP contribution in [0.25, 0.3) is 11.6 Å². The Bertz CT molecular complexity index is 1060. The van der Waals surface area contributed by atoms with Crippen LogP contribution in [0.5, 0.6) is 17.2 Å². The Morgan fingerprint density at radius 2 is 1.71 bits per heavy atom. The molecule has 4 bridgehead atoms. The summed E-state index contributed by atoms with van der Waals surface area (Å²) in [6.07, 6.45) is 8.50. The third kappa shape index (κ3) is 3.18. The zero-order valence-electron chi connectivity index (χ0n) is 17.3. The second kappa shape index (κ2) is 6.78. The van der Waals surface area contributed by atoms with E-state index in [4.69, 9.17) is 14.6 Å². The molecule has 31 heavy (non-hydrogen) atoms. The molecule has 0 radical (unpaired) electrons. The van der Waals surface area contributed by atoms with Crippen molar-refractivity contribution in [1.29, 1.82) is 0 Å². The molecular weight excluding hydrogens is 392 g/mol. The Balaban J connectivity index is 1.34. The fourth-order valence-corrected chi connectivity index (χ4v) is 7.08. The molecule has 4 fully saturated rings. The molecule has 5 heteroatoms. The molecule has 160 valence electrons. The molecule has 2 aromatic carbocycles. The lowest BCUT2D eigenvalue weighted by molar-refractivity contribution is -0.00614. The van der Waals surface area contributed by atoms with E-state index in [9.17, 15) is 9.90 Å². The van der Waals surface area contributed by atoms with E-state index in [1.807, 2.05) is 18.2 Å². The van der Waals surface area contributed by atoms with Gasteiger partial charge in [0.05, 0.1) is 0 Å². The second-order valence-electron chi connectivity index (χ2n) is 9.96.